The molecule has 10 heteroatoms. The van der Waals surface area contributed by atoms with E-state index >= 15 is 0 Å². The van der Waals surface area contributed by atoms with Crippen molar-refractivity contribution in [3.8, 4) is 23.8 Å². The third kappa shape index (κ3) is 3.81. The number of carbonyl (C=O) groups is 1. The Morgan fingerprint density at radius 2 is 1.89 bits per heavy atom. The number of hydrogen-bond donors (Lipinski definition) is 2. The largest absolute Gasteiger partial charge is 0.437 e. The van der Waals surface area contributed by atoms with Crippen molar-refractivity contribution < 1.29 is 9.53 Å². The molecule has 2 aromatic heterocycles. The molecule has 2 heterocycles. The van der Waals surface area contributed by atoms with E-state index in [-0.39, 0.29) is 23.4 Å². The molecule has 182 valence electrons. The van der Waals surface area contributed by atoms with Gasteiger partial charge in [0.25, 0.3) is 0 Å². The Morgan fingerprint density at radius 1 is 1.19 bits per heavy atom. The van der Waals surface area contributed by atoms with Crippen LogP contribution >= 0.6 is 0 Å². The van der Waals surface area contributed by atoms with Gasteiger partial charge >= 0.3 is 0 Å². The molecule has 36 heavy (non-hydrogen) atoms. The van der Waals surface area contributed by atoms with Crippen molar-refractivity contribution in [1.82, 2.24) is 25.1 Å². The van der Waals surface area contributed by atoms with E-state index in [1.807, 2.05) is 39.0 Å². The standard InChI is InChI=1S/C26H26N8O2/c1-15-8-18(6-5-7-27)9-16(2)21(15)36-23-20-17(3)33-34(10-19(35)29-4)22(20)30-24(31-23)32-26-11-25(12-26,13-26)14-28/h5-6,8-9H,10-13H2,1-4H3,(H,29,35)(H,30,31,32)/b6-5+. The Morgan fingerprint density at radius 3 is 2.50 bits per heavy atom. The smallest absolute Gasteiger partial charge is 0.241 e. The predicted molar refractivity (Wildman–Crippen MR) is 133 cm³/mol. The van der Waals surface area contributed by atoms with Gasteiger partial charge in [-0.05, 0) is 74.9 Å². The average Bonchev–Trinajstić information content (AvgIpc) is 3.11. The number of ether oxygens (including phenoxy) is 1. The van der Waals surface area contributed by atoms with Gasteiger partial charge in [0, 0.05) is 18.7 Å². The second kappa shape index (κ2) is 8.35. The summed E-state index contributed by atoms with van der Waals surface area (Å²) in [6, 6.07) is 8.31. The van der Waals surface area contributed by atoms with Crippen LogP contribution in [0.4, 0.5) is 5.95 Å². The first kappa shape index (κ1) is 23.3. The van der Waals surface area contributed by atoms with Crippen molar-refractivity contribution in [2.75, 3.05) is 12.4 Å². The highest BCUT2D eigenvalue weighted by Gasteiger charge is 2.69. The summed E-state index contributed by atoms with van der Waals surface area (Å²) in [7, 11) is 1.58. The zero-order chi connectivity index (χ0) is 25.7. The lowest BCUT2D eigenvalue weighted by Gasteiger charge is -2.66. The number of likely N-dealkylation sites (N-methyl/N-ethyl adjacent to an activating group) is 1. The summed E-state index contributed by atoms with van der Waals surface area (Å²) in [5.74, 6) is 1.18. The minimum atomic E-state index is -0.218. The van der Waals surface area contributed by atoms with Gasteiger partial charge in [-0.25, -0.2) is 4.68 Å². The maximum Gasteiger partial charge on any atom is 0.241 e. The van der Waals surface area contributed by atoms with Crippen molar-refractivity contribution in [2.24, 2.45) is 5.41 Å². The van der Waals surface area contributed by atoms with E-state index in [1.165, 1.54) is 6.08 Å². The molecule has 3 aliphatic rings. The molecule has 1 amide bonds. The highest BCUT2D eigenvalue weighted by Crippen LogP contribution is 2.67. The quantitative estimate of drug-likeness (QED) is 0.486. The van der Waals surface area contributed by atoms with E-state index in [0.717, 1.165) is 36.0 Å². The van der Waals surface area contributed by atoms with Gasteiger partial charge in [0.1, 0.15) is 17.7 Å². The number of nitrogens with one attached hydrogen (secondary N) is 2. The fraction of sp³-hybridized carbons (Fsp3) is 0.385. The van der Waals surface area contributed by atoms with Gasteiger partial charge in [0.2, 0.25) is 17.7 Å². The van der Waals surface area contributed by atoms with Crippen molar-refractivity contribution >= 4 is 29.0 Å². The summed E-state index contributed by atoms with van der Waals surface area (Å²) in [4.78, 5) is 21.6. The lowest BCUT2D eigenvalue weighted by Crippen LogP contribution is -2.70. The summed E-state index contributed by atoms with van der Waals surface area (Å²) in [6.45, 7) is 5.72. The van der Waals surface area contributed by atoms with Gasteiger partial charge in [0.05, 0.1) is 23.2 Å². The highest BCUT2D eigenvalue weighted by molar-refractivity contribution is 5.86. The fourth-order valence-electron chi connectivity index (χ4n) is 5.41. The van der Waals surface area contributed by atoms with Crippen molar-refractivity contribution in [2.45, 2.75) is 52.1 Å². The monoisotopic (exact) mass is 482 g/mol. The number of amides is 1. The topological polar surface area (TPSA) is 142 Å². The first-order valence-corrected chi connectivity index (χ1v) is 11.7. The summed E-state index contributed by atoms with van der Waals surface area (Å²) in [5, 5.41) is 29.4. The minimum absolute atomic E-state index is 0.0113. The number of fused-ring (bicyclic) bond motifs is 1. The lowest BCUT2D eigenvalue weighted by molar-refractivity contribution is -0.121. The Bertz CT molecular complexity index is 1480. The van der Waals surface area contributed by atoms with Crippen molar-refractivity contribution in [3.05, 3.63) is 40.6 Å². The van der Waals surface area contributed by atoms with Gasteiger partial charge in [-0.2, -0.15) is 25.6 Å². The van der Waals surface area contributed by atoms with Crippen LogP contribution < -0.4 is 15.4 Å². The molecule has 6 rings (SSSR count). The molecule has 2 bridgehead atoms. The van der Waals surface area contributed by atoms with Crippen molar-refractivity contribution in [1.29, 1.82) is 10.5 Å². The Hall–Kier alpha value is -4.44. The third-order valence-corrected chi connectivity index (χ3v) is 6.98. The minimum Gasteiger partial charge on any atom is -0.437 e. The van der Waals surface area contributed by atoms with E-state index in [0.29, 0.717) is 34.3 Å². The number of nitriles is 2. The molecule has 1 aromatic carbocycles. The molecule has 0 aliphatic heterocycles. The summed E-state index contributed by atoms with van der Waals surface area (Å²) < 4.78 is 7.97. The van der Waals surface area contributed by atoms with Gasteiger partial charge < -0.3 is 15.4 Å². The average molecular weight is 483 g/mol. The summed E-state index contributed by atoms with van der Waals surface area (Å²) in [6.07, 6.45) is 5.48. The molecular formula is C26H26N8O2. The van der Waals surface area contributed by atoms with E-state index in [1.54, 1.807) is 17.8 Å². The molecule has 3 aliphatic carbocycles. The number of carbonyl (C=O) groups excluding carboxylic acids is 1. The highest BCUT2D eigenvalue weighted by atomic mass is 16.5. The molecule has 0 unspecified atom stereocenters. The fourth-order valence-corrected chi connectivity index (χ4v) is 5.41. The van der Waals surface area contributed by atoms with Crippen LogP contribution in [0.2, 0.25) is 0 Å². The summed E-state index contributed by atoms with van der Waals surface area (Å²) in [5.41, 5.74) is 3.42. The van der Waals surface area contributed by atoms with Crippen LogP contribution in [-0.4, -0.2) is 38.2 Å². The van der Waals surface area contributed by atoms with Gasteiger partial charge in [-0.1, -0.05) is 0 Å². The number of aryl methyl sites for hydroxylation is 3. The zero-order valence-corrected chi connectivity index (χ0v) is 20.6. The molecule has 0 radical (unpaired) electrons. The SMILES string of the molecule is CNC(=O)Cn1nc(C)c2c(Oc3c(C)cc(/C=C/C#N)cc3C)nc(NC34CC(C#N)(C3)C4)nc21. The number of anilines is 1. The lowest BCUT2D eigenvalue weighted by atomic mass is 9.40. The van der Waals surface area contributed by atoms with Crippen LogP contribution in [0.5, 0.6) is 11.6 Å². The number of aromatic nitrogens is 4. The molecule has 3 aromatic rings. The molecular weight excluding hydrogens is 456 g/mol. The van der Waals surface area contributed by atoms with Gasteiger partial charge in [-0.15, -0.1) is 0 Å². The maximum absolute atomic E-state index is 12.1. The Labute approximate surface area is 208 Å². The summed E-state index contributed by atoms with van der Waals surface area (Å²) >= 11 is 0. The molecule has 2 N–H and O–H groups in total. The molecule has 0 atom stereocenters. The molecule has 3 saturated carbocycles. The second-order valence-electron chi connectivity index (χ2n) is 9.84. The van der Waals surface area contributed by atoms with Crippen LogP contribution in [0.3, 0.4) is 0 Å². The molecule has 0 saturated heterocycles. The number of rotatable bonds is 7. The van der Waals surface area contributed by atoms with E-state index in [2.05, 4.69) is 21.8 Å². The van der Waals surface area contributed by atoms with E-state index in [4.69, 9.17) is 20.0 Å². The Kier molecular flexibility index (Phi) is 5.40. The van der Waals surface area contributed by atoms with Crippen LogP contribution in [0.25, 0.3) is 17.1 Å². The Balaban J connectivity index is 1.57. The molecule has 3 fully saturated rings. The maximum atomic E-state index is 12.1. The molecule has 10 nitrogen and oxygen atoms in total. The third-order valence-electron chi connectivity index (χ3n) is 6.98. The number of nitrogens with zero attached hydrogens (tertiary/aromatic N) is 6. The first-order chi connectivity index (χ1) is 17.2. The number of hydrogen-bond acceptors (Lipinski definition) is 8. The normalized spacial score (nSPS) is 21.8. The van der Waals surface area contributed by atoms with Crippen LogP contribution in [0.15, 0.2) is 18.2 Å². The number of benzene rings is 1. The first-order valence-electron chi connectivity index (χ1n) is 11.7. The van der Waals surface area contributed by atoms with Crippen LogP contribution in [0, 0.1) is 48.8 Å². The van der Waals surface area contributed by atoms with Crippen molar-refractivity contribution in [3.63, 3.8) is 0 Å². The molecule has 0 spiro atoms. The van der Waals surface area contributed by atoms with Gasteiger partial charge in [0.15, 0.2) is 5.65 Å². The van der Waals surface area contributed by atoms with Crippen LogP contribution in [0.1, 0.15) is 41.6 Å². The van der Waals surface area contributed by atoms with E-state index in [9.17, 15) is 10.1 Å². The van der Waals surface area contributed by atoms with Gasteiger partial charge in [-0.3, -0.25) is 4.79 Å². The second-order valence-corrected chi connectivity index (χ2v) is 9.84. The van der Waals surface area contributed by atoms with Crippen LogP contribution in [-0.2, 0) is 11.3 Å². The number of allylic oxidation sites excluding steroid dienone is 1. The van der Waals surface area contributed by atoms with E-state index < -0.39 is 0 Å². The predicted octanol–water partition coefficient (Wildman–Crippen LogP) is 3.68. The zero-order valence-electron chi connectivity index (χ0n) is 20.6.